The first-order valence-electron chi connectivity index (χ1n) is 7.90. The van der Waals surface area contributed by atoms with Crippen molar-refractivity contribution in [2.24, 2.45) is 0 Å². The van der Waals surface area contributed by atoms with E-state index < -0.39 is 0 Å². The smallest absolute Gasteiger partial charge is 0.251 e. The summed E-state index contributed by atoms with van der Waals surface area (Å²) in [5.74, 6) is 0.615. The molecular formula is C17H26N2O. The average Bonchev–Trinajstić information content (AvgIpc) is 2.52. The van der Waals surface area contributed by atoms with E-state index in [4.69, 9.17) is 0 Å². The van der Waals surface area contributed by atoms with Crippen LogP contribution in [0.15, 0.2) is 24.3 Å². The van der Waals surface area contributed by atoms with Gasteiger partial charge in [-0.2, -0.15) is 0 Å². The Morgan fingerprint density at radius 1 is 1.25 bits per heavy atom. The van der Waals surface area contributed by atoms with Gasteiger partial charge in [0.1, 0.15) is 0 Å². The van der Waals surface area contributed by atoms with Crippen molar-refractivity contribution in [3.8, 4) is 0 Å². The molecule has 1 heterocycles. The third-order valence-corrected chi connectivity index (χ3v) is 4.05. The molecular weight excluding hydrogens is 248 g/mol. The fourth-order valence-electron chi connectivity index (χ4n) is 2.86. The molecule has 0 bridgehead atoms. The van der Waals surface area contributed by atoms with E-state index >= 15 is 0 Å². The molecule has 0 aliphatic carbocycles. The highest BCUT2D eigenvalue weighted by atomic mass is 16.1. The molecule has 2 N–H and O–H groups in total. The van der Waals surface area contributed by atoms with Gasteiger partial charge in [0, 0.05) is 12.1 Å². The Bertz CT molecular complexity index is 425. The summed E-state index contributed by atoms with van der Waals surface area (Å²) >= 11 is 0. The Kier molecular flexibility index (Phi) is 6.06. The topological polar surface area (TPSA) is 41.1 Å². The van der Waals surface area contributed by atoms with Crippen molar-refractivity contribution in [3.05, 3.63) is 35.4 Å². The van der Waals surface area contributed by atoms with E-state index in [1.807, 2.05) is 18.2 Å². The molecule has 1 amide bonds. The highest BCUT2D eigenvalue weighted by Gasteiger charge is 2.20. The van der Waals surface area contributed by atoms with Gasteiger partial charge in [0.15, 0.2) is 0 Å². The van der Waals surface area contributed by atoms with Gasteiger partial charge in [0.2, 0.25) is 0 Å². The molecule has 110 valence electrons. The van der Waals surface area contributed by atoms with E-state index in [1.54, 1.807) is 0 Å². The van der Waals surface area contributed by atoms with Crippen LogP contribution in [0, 0.1) is 0 Å². The van der Waals surface area contributed by atoms with Crippen molar-refractivity contribution in [1.29, 1.82) is 0 Å². The van der Waals surface area contributed by atoms with Crippen LogP contribution in [0.4, 0.5) is 0 Å². The summed E-state index contributed by atoms with van der Waals surface area (Å²) in [6.45, 7) is 5.07. The zero-order valence-electron chi connectivity index (χ0n) is 12.5. The standard InChI is InChI=1S/C17H26N2O/c1-2-3-6-11-19-17(20)16-8-5-4-7-15(16)14-9-12-18-13-10-14/h4-5,7-8,14,18H,2-3,6,9-13H2,1H3,(H,19,20). The second kappa shape index (κ2) is 8.05. The molecule has 1 aromatic carbocycles. The first kappa shape index (κ1) is 15.0. The number of rotatable bonds is 6. The molecule has 1 aliphatic rings. The van der Waals surface area contributed by atoms with Crippen LogP contribution < -0.4 is 10.6 Å². The minimum absolute atomic E-state index is 0.0928. The van der Waals surface area contributed by atoms with Crippen LogP contribution in [-0.2, 0) is 0 Å². The van der Waals surface area contributed by atoms with E-state index in [1.165, 1.54) is 18.4 Å². The van der Waals surface area contributed by atoms with Crippen molar-refractivity contribution >= 4 is 5.91 Å². The third-order valence-electron chi connectivity index (χ3n) is 4.05. The van der Waals surface area contributed by atoms with Crippen LogP contribution >= 0.6 is 0 Å². The number of carbonyl (C=O) groups is 1. The van der Waals surface area contributed by atoms with Crippen molar-refractivity contribution in [2.45, 2.75) is 44.9 Å². The lowest BCUT2D eigenvalue weighted by atomic mass is 9.87. The first-order valence-corrected chi connectivity index (χ1v) is 7.90. The Morgan fingerprint density at radius 3 is 2.75 bits per heavy atom. The van der Waals surface area contributed by atoms with Gasteiger partial charge in [0.05, 0.1) is 0 Å². The predicted molar refractivity (Wildman–Crippen MR) is 83.1 cm³/mol. The van der Waals surface area contributed by atoms with Gasteiger partial charge in [-0.25, -0.2) is 0 Å². The molecule has 1 aliphatic heterocycles. The van der Waals surface area contributed by atoms with Crippen LogP contribution in [0.3, 0.4) is 0 Å². The maximum absolute atomic E-state index is 12.3. The van der Waals surface area contributed by atoms with Crippen LogP contribution in [0.2, 0.25) is 0 Å². The number of hydrogen-bond donors (Lipinski definition) is 2. The fourth-order valence-corrected chi connectivity index (χ4v) is 2.86. The molecule has 2 rings (SSSR count). The van der Waals surface area contributed by atoms with E-state index in [9.17, 15) is 4.79 Å². The third kappa shape index (κ3) is 4.07. The molecule has 0 saturated carbocycles. The SMILES string of the molecule is CCCCCNC(=O)c1ccccc1C1CCNCC1. The predicted octanol–water partition coefficient (Wildman–Crippen LogP) is 3.07. The molecule has 0 atom stereocenters. The normalized spacial score (nSPS) is 16.1. The number of nitrogens with one attached hydrogen (secondary N) is 2. The quantitative estimate of drug-likeness (QED) is 0.783. The summed E-state index contributed by atoms with van der Waals surface area (Å²) in [6.07, 6.45) is 5.68. The van der Waals surface area contributed by atoms with Crippen molar-refractivity contribution in [2.75, 3.05) is 19.6 Å². The second-order valence-corrected chi connectivity index (χ2v) is 5.57. The lowest BCUT2D eigenvalue weighted by molar-refractivity contribution is 0.0951. The molecule has 0 unspecified atom stereocenters. The summed E-state index contributed by atoms with van der Waals surface area (Å²) in [5, 5.41) is 6.44. The Morgan fingerprint density at radius 2 is 2.00 bits per heavy atom. The summed E-state index contributed by atoms with van der Waals surface area (Å²) in [5.41, 5.74) is 2.10. The lowest BCUT2D eigenvalue weighted by Crippen LogP contribution is -2.29. The molecule has 3 heteroatoms. The van der Waals surface area contributed by atoms with Gasteiger partial charge >= 0.3 is 0 Å². The highest BCUT2D eigenvalue weighted by molar-refractivity contribution is 5.95. The zero-order valence-corrected chi connectivity index (χ0v) is 12.5. The van der Waals surface area contributed by atoms with Crippen molar-refractivity contribution in [3.63, 3.8) is 0 Å². The van der Waals surface area contributed by atoms with Gasteiger partial charge in [-0.05, 0) is 49.9 Å². The van der Waals surface area contributed by atoms with E-state index in [0.29, 0.717) is 5.92 Å². The summed E-state index contributed by atoms with van der Waals surface area (Å²) < 4.78 is 0. The molecule has 0 aromatic heterocycles. The first-order chi connectivity index (χ1) is 9.83. The van der Waals surface area contributed by atoms with Crippen molar-refractivity contribution in [1.82, 2.24) is 10.6 Å². The summed E-state index contributed by atoms with van der Waals surface area (Å²) in [7, 11) is 0. The average molecular weight is 274 g/mol. The summed E-state index contributed by atoms with van der Waals surface area (Å²) in [4.78, 5) is 12.3. The van der Waals surface area contributed by atoms with Gasteiger partial charge in [-0.3, -0.25) is 4.79 Å². The molecule has 1 fully saturated rings. The number of carbonyl (C=O) groups excluding carboxylic acids is 1. The number of amides is 1. The maximum atomic E-state index is 12.3. The van der Waals surface area contributed by atoms with Gasteiger partial charge < -0.3 is 10.6 Å². The Labute approximate surface area is 122 Å². The lowest BCUT2D eigenvalue weighted by Gasteiger charge is -2.24. The number of unbranched alkanes of at least 4 members (excludes halogenated alkanes) is 2. The molecule has 0 spiro atoms. The Balaban J connectivity index is 2.01. The minimum Gasteiger partial charge on any atom is -0.352 e. The molecule has 1 saturated heterocycles. The minimum atomic E-state index is 0.0928. The van der Waals surface area contributed by atoms with Crippen LogP contribution in [0.1, 0.15) is 60.9 Å². The maximum Gasteiger partial charge on any atom is 0.251 e. The highest BCUT2D eigenvalue weighted by Crippen LogP contribution is 2.27. The van der Waals surface area contributed by atoms with Gasteiger partial charge in [0.25, 0.3) is 5.91 Å². The number of benzene rings is 1. The molecule has 0 radical (unpaired) electrons. The van der Waals surface area contributed by atoms with Gasteiger partial charge in [-0.1, -0.05) is 38.0 Å². The zero-order chi connectivity index (χ0) is 14.2. The van der Waals surface area contributed by atoms with E-state index in [-0.39, 0.29) is 5.91 Å². The van der Waals surface area contributed by atoms with Crippen LogP contribution in [-0.4, -0.2) is 25.5 Å². The number of piperidine rings is 1. The molecule has 20 heavy (non-hydrogen) atoms. The summed E-state index contributed by atoms with van der Waals surface area (Å²) in [6, 6.07) is 8.10. The van der Waals surface area contributed by atoms with Crippen LogP contribution in [0.25, 0.3) is 0 Å². The van der Waals surface area contributed by atoms with E-state index in [2.05, 4.69) is 23.6 Å². The van der Waals surface area contributed by atoms with E-state index in [0.717, 1.165) is 44.5 Å². The molecule has 1 aromatic rings. The fraction of sp³-hybridized carbons (Fsp3) is 0.588. The monoisotopic (exact) mass is 274 g/mol. The molecule has 3 nitrogen and oxygen atoms in total. The second-order valence-electron chi connectivity index (χ2n) is 5.57. The Hall–Kier alpha value is -1.35. The van der Waals surface area contributed by atoms with Gasteiger partial charge in [-0.15, -0.1) is 0 Å². The largest absolute Gasteiger partial charge is 0.352 e. The number of hydrogen-bond acceptors (Lipinski definition) is 2. The van der Waals surface area contributed by atoms with Crippen molar-refractivity contribution < 1.29 is 4.79 Å². The van der Waals surface area contributed by atoms with Crippen LogP contribution in [0.5, 0.6) is 0 Å².